The van der Waals surface area contributed by atoms with Crippen LogP contribution in [-0.2, 0) is 28.9 Å². The number of aromatic nitrogens is 2. The molecule has 0 saturated carbocycles. The molecular formula is C34H41FN4O2. The Balaban J connectivity index is 1.15. The van der Waals surface area contributed by atoms with Gasteiger partial charge in [-0.1, -0.05) is 48.5 Å². The van der Waals surface area contributed by atoms with Crippen LogP contribution in [0, 0.1) is 5.82 Å². The number of para-hydroxylation sites is 2. The van der Waals surface area contributed by atoms with Crippen molar-refractivity contribution in [2.75, 3.05) is 37.6 Å². The predicted octanol–water partition coefficient (Wildman–Crippen LogP) is 6.25. The molecule has 0 bridgehead atoms. The van der Waals surface area contributed by atoms with Crippen molar-refractivity contribution in [3.63, 3.8) is 0 Å². The van der Waals surface area contributed by atoms with E-state index in [2.05, 4.69) is 56.8 Å². The highest BCUT2D eigenvalue weighted by atomic mass is 19.1. The zero-order valence-corrected chi connectivity index (χ0v) is 24.3. The summed E-state index contributed by atoms with van der Waals surface area (Å²) in [5.74, 6) is 0.655. The van der Waals surface area contributed by atoms with Gasteiger partial charge in [0, 0.05) is 26.1 Å². The number of hydrogen-bond acceptors (Lipinski definition) is 5. The third-order valence-corrected chi connectivity index (χ3v) is 7.70. The fourth-order valence-electron chi connectivity index (χ4n) is 5.58. The van der Waals surface area contributed by atoms with Crippen LogP contribution < -0.4 is 4.90 Å². The van der Waals surface area contributed by atoms with E-state index in [9.17, 15) is 9.18 Å². The number of nitrogens with zero attached hydrogens (tertiary/aromatic N) is 4. The number of benzene rings is 3. The summed E-state index contributed by atoms with van der Waals surface area (Å²) in [6.45, 7) is 9.50. The number of ether oxygens (including phenoxy) is 1. The molecule has 0 amide bonds. The standard InChI is InChI=1S/C34H41FN4O2/c1-26(2)41-33(40)18-15-27-9-11-28(12-10-27)19-24-37-20-5-22-38(23-6-21-37)34-36-31-7-3-4-8-32(31)39(34)25-29-13-16-30(35)17-14-29/h3-4,7-14,16-17,26H,5-6,15,18-25H2,1-2H3. The Morgan fingerprint density at radius 1 is 0.854 bits per heavy atom. The molecule has 6 nitrogen and oxygen atoms in total. The number of fused-ring (bicyclic) bond motifs is 1. The van der Waals surface area contributed by atoms with Crippen molar-refractivity contribution in [3.05, 3.63) is 95.3 Å². The molecule has 7 heteroatoms. The van der Waals surface area contributed by atoms with E-state index in [1.807, 2.05) is 32.0 Å². The van der Waals surface area contributed by atoms with Gasteiger partial charge in [-0.05, 0) is 93.6 Å². The molecule has 1 aromatic heterocycles. The fourth-order valence-corrected chi connectivity index (χ4v) is 5.58. The highest BCUT2D eigenvalue weighted by molar-refractivity contribution is 5.79. The number of hydrogen-bond donors (Lipinski definition) is 0. The van der Waals surface area contributed by atoms with Crippen molar-refractivity contribution in [1.82, 2.24) is 14.5 Å². The number of halogens is 1. The third kappa shape index (κ3) is 7.94. The molecule has 41 heavy (non-hydrogen) atoms. The van der Waals surface area contributed by atoms with E-state index in [0.717, 1.165) is 74.5 Å². The summed E-state index contributed by atoms with van der Waals surface area (Å²) < 4.78 is 21.0. The molecule has 1 aliphatic rings. The molecule has 0 radical (unpaired) electrons. The molecule has 4 aromatic rings. The Kier molecular flexibility index (Phi) is 9.67. The number of carbonyl (C=O) groups excluding carboxylic acids is 1. The summed E-state index contributed by atoms with van der Waals surface area (Å²) in [6, 6.07) is 23.7. The predicted molar refractivity (Wildman–Crippen MR) is 163 cm³/mol. The molecule has 0 atom stereocenters. The Labute approximate surface area is 242 Å². The van der Waals surface area contributed by atoms with Crippen molar-refractivity contribution in [3.8, 4) is 0 Å². The summed E-state index contributed by atoms with van der Waals surface area (Å²) in [6.07, 6.45) is 4.24. The van der Waals surface area contributed by atoms with Crippen LogP contribution >= 0.6 is 0 Å². The highest BCUT2D eigenvalue weighted by Gasteiger charge is 2.20. The Morgan fingerprint density at radius 2 is 1.49 bits per heavy atom. The van der Waals surface area contributed by atoms with Gasteiger partial charge in [0.15, 0.2) is 0 Å². The number of imidazole rings is 1. The Morgan fingerprint density at radius 3 is 2.17 bits per heavy atom. The first-order chi connectivity index (χ1) is 19.9. The Bertz CT molecular complexity index is 1410. The van der Waals surface area contributed by atoms with Gasteiger partial charge in [0.25, 0.3) is 0 Å². The number of aryl methyl sites for hydroxylation is 1. The minimum atomic E-state index is -0.212. The van der Waals surface area contributed by atoms with Crippen molar-refractivity contribution >= 4 is 23.0 Å². The SMILES string of the molecule is CC(C)OC(=O)CCc1ccc(CCN2CCCN(c3nc4ccccc4n3Cc3ccc(F)cc3)CCC2)cc1. The molecule has 1 fully saturated rings. The van der Waals surface area contributed by atoms with E-state index in [1.54, 1.807) is 0 Å². The van der Waals surface area contributed by atoms with Crippen molar-refractivity contribution in [2.24, 2.45) is 0 Å². The molecule has 2 heterocycles. The van der Waals surface area contributed by atoms with Crippen LogP contribution in [0.25, 0.3) is 11.0 Å². The number of rotatable bonds is 10. The van der Waals surface area contributed by atoms with Gasteiger partial charge in [0.05, 0.1) is 23.7 Å². The van der Waals surface area contributed by atoms with E-state index < -0.39 is 0 Å². The lowest BCUT2D eigenvalue weighted by molar-refractivity contribution is -0.147. The van der Waals surface area contributed by atoms with Crippen LogP contribution in [0.4, 0.5) is 10.3 Å². The second-order valence-corrected chi connectivity index (χ2v) is 11.3. The molecule has 0 N–H and O–H groups in total. The topological polar surface area (TPSA) is 50.6 Å². The van der Waals surface area contributed by atoms with Crippen LogP contribution in [0.3, 0.4) is 0 Å². The lowest BCUT2D eigenvalue weighted by Gasteiger charge is -2.31. The van der Waals surface area contributed by atoms with Gasteiger partial charge in [-0.2, -0.15) is 0 Å². The first kappa shape index (κ1) is 28.8. The first-order valence-electron chi connectivity index (χ1n) is 14.9. The van der Waals surface area contributed by atoms with Crippen molar-refractivity contribution in [2.45, 2.75) is 58.6 Å². The van der Waals surface area contributed by atoms with Gasteiger partial charge in [-0.15, -0.1) is 0 Å². The second-order valence-electron chi connectivity index (χ2n) is 11.3. The zero-order valence-electron chi connectivity index (χ0n) is 24.3. The summed E-state index contributed by atoms with van der Waals surface area (Å²) in [7, 11) is 0. The van der Waals surface area contributed by atoms with E-state index in [4.69, 9.17) is 9.72 Å². The quantitative estimate of drug-likeness (QED) is 0.216. The van der Waals surface area contributed by atoms with E-state index in [-0.39, 0.29) is 17.9 Å². The largest absolute Gasteiger partial charge is 0.463 e. The molecule has 0 unspecified atom stereocenters. The smallest absolute Gasteiger partial charge is 0.306 e. The normalized spacial score (nSPS) is 14.8. The first-order valence-corrected chi connectivity index (χ1v) is 14.9. The summed E-state index contributed by atoms with van der Waals surface area (Å²) in [5, 5.41) is 0. The van der Waals surface area contributed by atoms with Gasteiger partial charge >= 0.3 is 5.97 Å². The maximum Gasteiger partial charge on any atom is 0.306 e. The summed E-state index contributed by atoms with van der Waals surface area (Å²) in [4.78, 5) is 21.9. The summed E-state index contributed by atoms with van der Waals surface area (Å²) >= 11 is 0. The molecular weight excluding hydrogens is 515 g/mol. The maximum atomic E-state index is 13.5. The van der Waals surface area contributed by atoms with Crippen molar-refractivity contribution < 1.29 is 13.9 Å². The number of esters is 1. The minimum Gasteiger partial charge on any atom is -0.463 e. The van der Waals surface area contributed by atoms with Crippen LogP contribution in [0.1, 0.15) is 49.8 Å². The van der Waals surface area contributed by atoms with Crippen molar-refractivity contribution in [1.29, 1.82) is 0 Å². The summed E-state index contributed by atoms with van der Waals surface area (Å²) in [5.41, 5.74) is 5.67. The van der Waals surface area contributed by atoms with Crippen LogP contribution in [0.2, 0.25) is 0 Å². The molecule has 5 rings (SSSR count). The van der Waals surface area contributed by atoms with Gasteiger partial charge in [0.1, 0.15) is 5.82 Å². The van der Waals surface area contributed by atoms with E-state index >= 15 is 0 Å². The maximum absolute atomic E-state index is 13.5. The molecule has 216 valence electrons. The van der Waals surface area contributed by atoms with E-state index in [0.29, 0.717) is 19.4 Å². The van der Waals surface area contributed by atoms with Crippen LogP contribution in [-0.4, -0.2) is 59.2 Å². The number of anilines is 1. The van der Waals surface area contributed by atoms with Gasteiger partial charge < -0.3 is 19.1 Å². The lowest BCUT2D eigenvalue weighted by Crippen LogP contribution is -2.38. The average Bonchev–Trinajstić information content (AvgIpc) is 3.31. The molecule has 1 aliphatic heterocycles. The zero-order chi connectivity index (χ0) is 28.6. The van der Waals surface area contributed by atoms with Crippen LogP contribution in [0.5, 0.6) is 0 Å². The molecule has 1 saturated heterocycles. The van der Waals surface area contributed by atoms with Crippen LogP contribution in [0.15, 0.2) is 72.8 Å². The third-order valence-electron chi connectivity index (χ3n) is 7.70. The molecule has 0 aliphatic carbocycles. The molecule has 3 aromatic carbocycles. The monoisotopic (exact) mass is 556 g/mol. The van der Waals surface area contributed by atoms with E-state index in [1.165, 1.54) is 23.3 Å². The van der Waals surface area contributed by atoms with Gasteiger partial charge in [0.2, 0.25) is 5.95 Å². The van der Waals surface area contributed by atoms with Gasteiger partial charge in [-0.3, -0.25) is 4.79 Å². The Hall–Kier alpha value is -3.71. The highest BCUT2D eigenvalue weighted by Crippen LogP contribution is 2.25. The molecule has 0 spiro atoms. The fraction of sp³-hybridized carbons (Fsp3) is 0.412. The second kappa shape index (κ2) is 13.8. The minimum absolute atomic E-state index is 0.0626. The average molecular weight is 557 g/mol. The lowest BCUT2D eigenvalue weighted by atomic mass is 10.1. The number of carbonyl (C=O) groups is 1. The van der Waals surface area contributed by atoms with Gasteiger partial charge in [-0.25, -0.2) is 9.37 Å².